The van der Waals surface area contributed by atoms with Crippen LogP contribution in [0, 0.1) is 0 Å². The molecule has 0 nitrogen and oxygen atoms in total. The first-order chi connectivity index (χ1) is 4.84. The minimum atomic E-state index is -3.04. The second kappa shape index (κ2) is 4.16. The van der Waals surface area contributed by atoms with E-state index in [0.29, 0.717) is 4.48 Å². The molecule has 0 rings (SSSR count). The highest BCUT2D eigenvalue weighted by molar-refractivity contribution is 9.11. The molecule has 0 aliphatic heterocycles. The van der Waals surface area contributed by atoms with Gasteiger partial charge < -0.3 is 0 Å². The summed E-state index contributed by atoms with van der Waals surface area (Å²) in [6.07, 6.45) is 2.59. The molecule has 0 aliphatic rings. The van der Waals surface area contributed by atoms with Crippen LogP contribution in [0.15, 0.2) is 35.4 Å². The molecule has 0 saturated heterocycles. The van der Waals surface area contributed by atoms with Crippen molar-refractivity contribution >= 4 is 31.9 Å². The van der Waals surface area contributed by atoms with E-state index < -0.39 is 4.83 Å². The van der Waals surface area contributed by atoms with Crippen molar-refractivity contribution in [1.82, 2.24) is 0 Å². The van der Waals surface area contributed by atoms with Crippen LogP contribution in [-0.4, -0.2) is 4.83 Å². The van der Waals surface area contributed by atoms with E-state index in [1.807, 2.05) is 0 Å². The van der Waals surface area contributed by atoms with Crippen LogP contribution < -0.4 is 0 Å². The van der Waals surface area contributed by atoms with E-state index in [2.05, 4.69) is 45.0 Å². The van der Waals surface area contributed by atoms with Crippen LogP contribution in [0.3, 0.4) is 0 Å². The molecule has 0 bridgehead atoms. The lowest BCUT2D eigenvalue weighted by Gasteiger charge is -2.06. The Labute approximate surface area is 80.9 Å². The summed E-state index contributed by atoms with van der Waals surface area (Å²) < 4.78 is 25.1. The summed E-state index contributed by atoms with van der Waals surface area (Å²) in [4.78, 5) is -3.04. The van der Waals surface area contributed by atoms with Gasteiger partial charge in [0, 0.05) is 10.1 Å². The number of rotatable bonds is 3. The number of hydrogen-bond acceptors (Lipinski definition) is 0. The van der Waals surface area contributed by atoms with Gasteiger partial charge >= 0.3 is 4.83 Å². The Morgan fingerprint density at radius 1 is 1.27 bits per heavy atom. The van der Waals surface area contributed by atoms with Gasteiger partial charge in [0.1, 0.15) is 0 Å². The first kappa shape index (κ1) is 11.0. The lowest BCUT2D eigenvalue weighted by Crippen LogP contribution is -2.05. The summed E-state index contributed by atoms with van der Waals surface area (Å²) in [6, 6.07) is 0. The lowest BCUT2D eigenvalue weighted by atomic mass is 10.3. The van der Waals surface area contributed by atoms with Gasteiger partial charge in [-0.3, -0.25) is 0 Å². The molecular weight excluding hydrogens is 282 g/mol. The molecule has 0 N–H and O–H groups in total. The number of hydrogen-bond donors (Lipinski definition) is 0. The van der Waals surface area contributed by atoms with Crippen molar-refractivity contribution < 1.29 is 8.78 Å². The molecule has 0 unspecified atom stereocenters. The van der Waals surface area contributed by atoms with Gasteiger partial charge in [-0.25, -0.2) is 0 Å². The molecule has 0 heterocycles. The Bertz CT molecular complexity index is 201. The fraction of sp³-hybridized carbons (Fsp3) is 0.143. The quantitative estimate of drug-likeness (QED) is 0.544. The zero-order valence-electron chi connectivity index (χ0n) is 5.58. The monoisotopic (exact) mass is 286 g/mol. The normalized spacial score (nSPS) is 12.0. The molecule has 62 valence electrons. The number of halogens is 4. The molecule has 0 aromatic carbocycles. The average molecular weight is 288 g/mol. The first-order valence-corrected chi connectivity index (χ1v) is 4.21. The van der Waals surface area contributed by atoms with Crippen LogP contribution in [0.2, 0.25) is 0 Å². The minimum absolute atomic E-state index is 0.307. The number of allylic oxidation sites excluding steroid dienone is 4. The Morgan fingerprint density at radius 2 is 1.73 bits per heavy atom. The molecule has 4 heteroatoms. The average Bonchev–Trinajstić information content (AvgIpc) is 1.80. The summed E-state index contributed by atoms with van der Waals surface area (Å²) >= 11 is 5.15. The van der Waals surface area contributed by atoms with Crippen molar-refractivity contribution in [2.24, 2.45) is 0 Å². The Morgan fingerprint density at radius 3 is 2.00 bits per heavy atom. The van der Waals surface area contributed by atoms with E-state index in [9.17, 15) is 8.78 Å². The van der Waals surface area contributed by atoms with Crippen molar-refractivity contribution in [1.29, 1.82) is 0 Å². The zero-order valence-corrected chi connectivity index (χ0v) is 8.75. The van der Waals surface area contributed by atoms with Gasteiger partial charge in [-0.15, -0.1) is 0 Å². The van der Waals surface area contributed by atoms with E-state index in [4.69, 9.17) is 0 Å². The Hall–Kier alpha value is 0.0400. The summed E-state index contributed by atoms with van der Waals surface area (Å²) in [6.45, 7) is 6.59. The van der Waals surface area contributed by atoms with Gasteiger partial charge in [0.05, 0.1) is 0 Å². The molecule has 0 aromatic heterocycles. The highest BCUT2D eigenvalue weighted by atomic mass is 79.9. The highest BCUT2D eigenvalue weighted by Gasteiger charge is 2.25. The van der Waals surface area contributed by atoms with Crippen molar-refractivity contribution in [2.45, 2.75) is 4.83 Å². The maximum atomic E-state index is 12.3. The highest BCUT2D eigenvalue weighted by Crippen LogP contribution is 2.30. The summed E-state index contributed by atoms with van der Waals surface area (Å²) in [5.41, 5.74) is -0.307. The number of alkyl halides is 3. The Kier molecular flexibility index (Phi) is 4.18. The fourth-order valence-corrected chi connectivity index (χ4v) is 0.550. The molecule has 0 aromatic rings. The van der Waals surface area contributed by atoms with Crippen molar-refractivity contribution in [3.05, 3.63) is 35.4 Å². The van der Waals surface area contributed by atoms with Crippen molar-refractivity contribution in [2.75, 3.05) is 0 Å². The van der Waals surface area contributed by atoms with Gasteiger partial charge in [-0.2, -0.15) is 8.78 Å². The summed E-state index contributed by atoms with van der Waals surface area (Å²) in [5.74, 6) is 0. The molecule has 0 aliphatic carbocycles. The fourth-order valence-electron chi connectivity index (χ4n) is 0.286. The van der Waals surface area contributed by atoms with Crippen molar-refractivity contribution in [3.63, 3.8) is 0 Å². The molecule has 0 radical (unpaired) electrons. The predicted molar refractivity (Wildman–Crippen MR) is 50.2 cm³/mol. The Balaban J connectivity index is 4.20. The maximum Gasteiger partial charge on any atom is 0.326 e. The largest absolute Gasteiger partial charge is 0.326 e. The van der Waals surface area contributed by atoms with Crippen LogP contribution in [-0.2, 0) is 0 Å². The second-order valence-electron chi connectivity index (χ2n) is 1.80. The van der Waals surface area contributed by atoms with Gasteiger partial charge in [-0.1, -0.05) is 35.2 Å². The van der Waals surface area contributed by atoms with E-state index in [-0.39, 0.29) is 5.57 Å². The minimum Gasteiger partial charge on any atom is -0.188 e. The van der Waals surface area contributed by atoms with Gasteiger partial charge in [-0.05, 0) is 22.0 Å². The van der Waals surface area contributed by atoms with Gasteiger partial charge in [0.2, 0.25) is 0 Å². The van der Waals surface area contributed by atoms with Crippen molar-refractivity contribution in [3.8, 4) is 0 Å². The van der Waals surface area contributed by atoms with E-state index >= 15 is 0 Å². The standard InChI is InChI=1S/C7H6Br2F2/c1-5(7(9,10)11)3-4-6(2)8/h3-4H,1-2H2/b4-3-. The predicted octanol–water partition coefficient (Wildman–Crippen LogP) is 4.00. The van der Waals surface area contributed by atoms with E-state index in [0.717, 1.165) is 0 Å². The van der Waals surface area contributed by atoms with E-state index in [1.54, 1.807) is 0 Å². The maximum absolute atomic E-state index is 12.3. The van der Waals surface area contributed by atoms with E-state index in [1.165, 1.54) is 12.2 Å². The van der Waals surface area contributed by atoms with Gasteiger partial charge in [0.15, 0.2) is 0 Å². The second-order valence-corrected chi connectivity index (χ2v) is 3.82. The zero-order chi connectivity index (χ0) is 9.07. The molecule has 0 spiro atoms. The first-order valence-electron chi connectivity index (χ1n) is 2.62. The molecule has 11 heavy (non-hydrogen) atoms. The SMILES string of the molecule is C=C(Br)/C=C\C(=C)C(F)(F)Br. The van der Waals surface area contributed by atoms with Crippen LogP contribution in [0.25, 0.3) is 0 Å². The third-order valence-corrected chi connectivity index (χ3v) is 1.60. The molecule has 0 fully saturated rings. The smallest absolute Gasteiger partial charge is 0.188 e. The third kappa shape index (κ3) is 5.32. The topological polar surface area (TPSA) is 0 Å². The third-order valence-electron chi connectivity index (χ3n) is 0.829. The van der Waals surface area contributed by atoms with Crippen LogP contribution in [0.4, 0.5) is 8.78 Å². The van der Waals surface area contributed by atoms with Crippen LogP contribution in [0.1, 0.15) is 0 Å². The van der Waals surface area contributed by atoms with Gasteiger partial charge in [0.25, 0.3) is 0 Å². The summed E-state index contributed by atoms with van der Waals surface area (Å²) in [7, 11) is 0. The van der Waals surface area contributed by atoms with Crippen LogP contribution in [0.5, 0.6) is 0 Å². The molecule has 0 atom stereocenters. The lowest BCUT2D eigenvalue weighted by molar-refractivity contribution is 0.162. The molecule has 0 saturated carbocycles. The summed E-state index contributed by atoms with van der Waals surface area (Å²) in [5, 5.41) is 0. The molecule has 0 amide bonds. The molecular formula is C7H6Br2F2. The van der Waals surface area contributed by atoms with Crippen LogP contribution >= 0.6 is 31.9 Å².